The van der Waals surface area contributed by atoms with Gasteiger partial charge in [0.05, 0.1) is 5.57 Å². The topological polar surface area (TPSA) is 66.8 Å². The highest BCUT2D eigenvalue weighted by Gasteiger charge is 2.40. The summed E-state index contributed by atoms with van der Waals surface area (Å²) in [6.07, 6.45) is 2.21. The fourth-order valence-corrected chi connectivity index (χ4v) is 4.68. The van der Waals surface area contributed by atoms with Crippen LogP contribution in [-0.4, -0.2) is 47.8 Å². The number of aliphatic hydroxyl groups is 1. The largest absolute Gasteiger partial charge is 0.507 e. The molecule has 0 heterocycles. The first-order valence-electron chi connectivity index (χ1n) is 12.1. The van der Waals surface area contributed by atoms with E-state index >= 15 is 0 Å². The Morgan fingerprint density at radius 3 is 2.44 bits per heavy atom. The van der Waals surface area contributed by atoms with Crippen molar-refractivity contribution in [3.63, 3.8) is 0 Å². The number of fused-ring (bicyclic) bond motifs is 1. The summed E-state index contributed by atoms with van der Waals surface area (Å²) in [4.78, 5) is 28.0. The monoisotopic (exact) mass is 459 g/mol. The smallest absolute Gasteiger partial charge is 0.182 e. The first-order chi connectivity index (χ1) is 16.3. The van der Waals surface area contributed by atoms with Gasteiger partial charge in [0.25, 0.3) is 0 Å². The fourth-order valence-electron chi connectivity index (χ4n) is 4.68. The lowest BCUT2D eigenvalue weighted by atomic mass is 9.95. The second-order valence-electron chi connectivity index (χ2n) is 9.07. The lowest BCUT2D eigenvalue weighted by Crippen LogP contribution is -2.27. The van der Waals surface area contributed by atoms with Gasteiger partial charge in [-0.1, -0.05) is 43.7 Å². The summed E-state index contributed by atoms with van der Waals surface area (Å²) in [5.74, 6) is -0.912. The standard InChI is InChI=1S/C29H33NO4/c1-5-30(6-2)14-15-34-23-9-7-8-22(16-23)28(32)27-25-17-21(18(3)20-10-11-20)12-13-24(25)26(19(4)31)29(27)33/h7-9,12-13,16-17,26,32H,5-6,10-11,14-15H2,1-4H3/b28-27-. The molecule has 1 saturated carbocycles. The fraction of sp³-hybridized carbons (Fsp3) is 0.379. The van der Waals surface area contributed by atoms with Crippen LogP contribution in [0, 0.1) is 0 Å². The highest BCUT2D eigenvalue weighted by molar-refractivity contribution is 6.38. The quantitative estimate of drug-likeness (QED) is 0.298. The van der Waals surface area contributed by atoms with Crippen LogP contribution in [-0.2, 0) is 9.59 Å². The van der Waals surface area contributed by atoms with Gasteiger partial charge in [0.1, 0.15) is 29.8 Å². The molecular formula is C29H33NO4. The lowest BCUT2D eigenvalue weighted by Gasteiger charge is -2.18. The van der Waals surface area contributed by atoms with E-state index in [9.17, 15) is 14.7 Å². The molecule has 1 atom stereocenters. The summed E-state index contributed by atoms with van der Waals surface area (Å²) in [7, 11) is 0. The number of carbonyl (C=O) groups is 2. The van der Waals surface area contributed by atoms with E-state index in [-0.39, 0.29) is 22.9 Å². The van der Waals surface area contributed by atoms with Gasteiger partial charge in [-0.25, -0.2) is 0 Å². The molecule has 2 aromatic carbocycles. The van der Waals surface area contributed by atoms with Crippen LogP contribution in [0.4, 0.5) is 0 Å². The molecule has 0 aliphatic heterocycles. The normalized spacial score (nSPS) is 18.2. The van der Waals surface area contributed by atoms with Gasteiger partial charge in [0, 0.05) is 12.1 Å². The molecule has 0 aromatic heterocycles. The van der Waals surface area contributed by atoms with Gasteiger partial charge in [-0.05, 0) is 80.2 Å². The minimum Gasteiger partial charge on any atom is -0.507 e. The van der Waals surface area contributed by atoms with E-state index in [0.29, 0.717) is 29.0 Å². The van der Waals surface area contributed by atoms with Crippen molar-refractivity contribution in [2.45, 2.75) is 46.5 Å². The minimum atomic E-state index is -0.872. The molecule has 0 amide bonds. The van der Waals surface area contributed by atoms with Crippen LogP contribution in [0.1, 0.15) is 68.7 Å². The molecule has 4 rings (SSSR count). The number of hydrogen-bond acceptors (Lipinski definition) is 5. The maximum absolute atomic E-state index is 13.4. The van der Waals surface area contributed by atoms with E-state index in [1.165, 1.54) is 18.1 Å². The summed E-state index contributed by atoms with van der Waals surface area (Å²) in [5.41, 5.74) is 5.69. The van der Waals surface area contributed by atoms with E-state index in [0.717, 1.165) is 38.0 Å². The number of nitrogens with zero attached hydrogens (tertiary/aromatic N) is 1. The summed E-state index contributed by atoms with van der Waals surface area (Å²) >= 11 is 0. The van der Waals surface area contributed by atoms with Crippen molar-refractivity contribution in [1.82, 2.24) is 4.90 Å². The molecular weight excluding hydrogens is 426 g/mol. The second-order valence-corrected chi connectivity index (χ2v) is 9.07. The van der Waals surface area contributed by atoms with E-state index < -0.39 is 5.92 Å². The van der Waals surface area contributed by atoms with Gasteiger partial charge >= 0.3 is 0 Å². The van der Waals surface area contributed by atoms with E-state index in [1.54, 1.807) is 18.2 Å². The van der Waals surface area contributed by atoms with Crippen LogP contribution < -0.4 is 4.74 Å². The first-order valence-corrected chi connectivity index (χ1v) is 12.1. The summed E-state index contributed by atoms with van der Waals surface area (Å²) in [6.45, 7) is 11.0. The Bertz CT molecular complexity index is 1180. The molecule has 1 unspecified atom stereocenters. The van der Waals surface area contributed by atoms with Gasteiger partial charge in [0.2, 0.25) is 0 Å². The Balaban J connectivity index is 1.70. The zero-order chi connectivity index (χ0) is 24.4. The van der Waals surface area contributed by atoms with Crippen LogP contribution in [0.3, 0.4) is 0 Å². The van der Waals surface area contributed by atoms with Crippen LogP contribution in [0.5, 0.6) is 5.75 Å². The van der Waals surface area contributed by atoms with Crippen molar-refractivity contribution in [1.29, 1.82) is 0 Å². The Kier molecular flexibility index (Phi) is 7.03. The van der Waals surface area contributed by atoms with Crippen LogP contribution >= 0.6 is 0 Å². The SMILES string of the molecule is CCN(CC)CCOc1cccc(/C(O)=C2/C(=O)C(C(C)=O)c3ccc(C(C)=C4CC4)cc32)c1. The molecule has 0 saturated heterocycles. The lowest BCUT2D eigenvalue weighted by molar-refractivity contribution is -0.124. The van der Waals surface area contributed by atoms with Gasteiger partial charge in [-0.2, -0.15) is 0 Å². The van der Waals surface area contributed by atoms with Crippen LogP contribution in [0.2, 0.25) is 0 Å². The number of benzene rings is 2. The zero-order valence-electron chi connectivity index (χ0n) is 20.5. The Morgan fingerprint density at radius 2 is 1.79 bits per heavy atom. The third kappa shape index (κ3) is 4.71. The molecule has 0 spiro atoms. The predicted molar refractivity (Wildman–Crippen MR) is 136 cm³/mol. The molecule has 1 fully saturated rings. The summed E-state index contributed by atoms with van der Waals surface area (Å²) < 4.78 is 5.91. The van der Waals surface area contributed by atoms with E-state index in [2.05, 4.69) is 25.7 Å². The molecule has 5 nitrogen and oxygen atoms in total. The number of allylic oxidation sites excluding steroid dienone is 3. The maximum Gasteiger partial charge on any atom is 0.182 e. The molecule has 2 aliphatic carbocycles. The van der Waals surface area contributed by atoms with Crippen LogP contribution in [0.25, 0.3) is 16.9 Å². The summed E-state index contributed by atoms with van der Waals surface area (Å²) in [5, 5.41) is 11.3. The van der Waals surface area contributed by atoms with E-state index in [1.807, 2.05) is 24.3 Å². The molecule has 0 radical (unpaired) electrons. The Morgan fingerprint density at radius 1 is 1.06 bits per heavy atom. The number of aliphatic hydroxyl groups excluding tert-OH is 1. The van der Waals surface area contributed by atoms with Crippen molar-refractivity contribution in [2.75, 3.05) is 26.2 Å². The third-order valence-corrected chi connectivity index (χ3v) is 6.93. The van der Waals surface area contributed by atoms with Gasteiger partial charge in [0.15, 0.2) is 5.78 Å². The van der Waals surface area contributed by atoms with Gasteiger partial charge < -0.3 is 14.7 Å². The van der Waals surface area contributed by atoms with Crippen LogP contribution in [0.15, 0.2) is 48.0 Å². The van der Waals surface area contributed by atoms with Gasteiger partial charge in [-0.3, -0.25) is 9.59 Å². The highest BCUT2D eigenvalue weighted by Crippen LogP contribution is 2.44. The van der Waals surface area contributed by atoms with Crippen molar-refractivity contribution in [3.8, 4) is 5.75 Å². The van der Waals surface area contributed by atoms with Crippen molar-refractivity contribution in [3.05, 3.63) is 70.3 Å². The molecule has 34 heavy (non-hydrogen) atoms. The zero-order valence-corrected chi connectivity index (χ0v) is 20.5. The Hall–Kier alpha value is -3.18. The number of rotatable bonds is 9. The molecule has 178 valence electrons. The molecule has 2 aliphatic rings. The molecule has 0 bridgehead atoms. The predicted octanol–water partition coefficient (Wildman–Crippen LogP) is 5.66. The minimum absolute atomic E-state index is 0.113. The summed E-state index contributed by atoms with van der Waals surface area (Å²) in [6, 6.07) is 13.0. The number of ketones is 2. The molecule has 1 N–H and O–H groups in total. The maximum atomic E-state index is 13.4. The average molecular weight is 460 g/mol. The van der Waals surface area contributed by atoms with Gasteiger partial charge in [-0.15, -0.1) is 0 Å². The highest BCUT2D eigenvalue weighted by atomic mass is 16.5. The second kappa shape index (κ2) is 9.98. The third-order valence-electron chi connectivity index (χ3n) is 6.93. The average Bonchev–Trinajstić information content (AvgIpc) is 3.63. The van der Waals surface area contributed by atoms with Crippen molar-refractivity contribution in [2.24, 2.45) is 0 Å². The van der Waals surface area contributed by atoms with Crippen molar-refractivity contribution < 1.29 is 19.4 Å². The number of likely N-dealkylation sites (N-methyl/N-ethyl adjacent to an activating group) is 1. The molecule has 5 heteroatoms. The van der Waals surface area contributed by atoms with Crippen molar-refractivity contribution >= 4 is 28.5 Å². The first kappa shape index (κ1) is 24.0. The number of carbonyl (C=O) groups excluding carboxylic acids is 2. The Labute approximate surface area is 201 Å². The number of hydrogen-bond donors (Lipinski definition) is 1. The molecule has 2 aromatic rings. The number of ether oxygens (including phenoxy) is 1. The van der Waals surface area contributed by atoms with E-state index in [4.69, 9.17) is 4.74 Å². The number of Topliss-reactive ketones (excluding diaryl/α,β-unsaturated/α-hetero) is 2.